The lowest BCUT2D eigenvalue weighted by Crippen LogP contribution is -1.90. The average Bonchev–Trinajstić information content (AvgIpc) is 2.62. The normalized spacial score (nSPS) is 11.3. The summed E-state index contributed by atoms with van der Waals surface area (Å²) in [6.07, 6.45) is 0. The minimum absolute atomic E-state index is 0.884. The van der Waals surface area contributed by atoms with Gasteiger partial charge < -0.3 is 9.47 Å². The van der Waals surface area contributed by atoms with Crippen molar-refractivity contribution < 1.29 is 9.47 Å². The lowest BCUT2D eigenvalue weighted by molar-refractivity contribution is 0.415. The van der Waals surface area contributed by atoms with Crippen LogP contribution in [0.25, 0.3) is 32.3 Å². The number of hydrogen-bond donors (Lipinski definition) is 0. The van der Waals surface area contributed by atoms with E-state index >= 15 is 0 Å². The van der Waals surface area contributed by atoms with Gasteiger partial charge in [-0.25, -0.2) is 0 Å². The summed E-state index contributed by atoms with van der Waals surface area (Å²) in [7, 11) is 3.43. The highest BCUT2D eigenvalue weighted by Gasteiger charge is 2.11. The Kier molecular flexibility index (Phi) is 3.34. The van der Waals surface area contributed by atoms with Gasteiger partial charge >= 0.3 is 0 Å². The second kappa shape index (κ2) is 5.41. The molecule has 0 bridgehead atoms. The first-order chi connectivity index (χ1) is 11.6. The Morgan fingerprint density at radius 3 is 1.25 bits per heavy atom. The monoisotopic (exact) mass is 316 g/mol. The average molecular weight is 316 g/mol. The van der Waals surface area contributed by atoms with Gasteiger partial charge in [0.05, 0.1) is 14.2 Å². The SMILES string of the molecule is COc1ccc2c3ccc(OC)cc3c3cc(C)c(C)cc3c2c1. The first-order valence-corrected chi connectivity index (χ1v) is 8.11. The second-order valence-electron chi connectivity index (χ2n) is 6.31. The van der Waals surface area contributed by atoms with Crippen molar-refractivity contribution in [3.8, 4) is 11.5 Å². The first-order valence-electron chi connectivity index (χ1n) is 8.11. The molecule has 0 N–H and O–H groups in total. The maximum Gasteiger partial charge on any atom is 0.119 e. The second-order valence-corrected chi connectivity index (χ2v) is 6.31. The topological polar surface area (TPSA) is 18.5 Å². The predicted octanol–water partition coefficient (Wildman–Crippen LogP) is 5.78. The summed E-state index contributed by atoms with van der Waals surface area (Å²) in [5.41, 5.74) is 2.60. The molecule has 0 heterocycles. The quantitative estimate of drug-likeness (QED) is 0.436. The van der Waals surface area contributed by atoms with Gasteiger partial charge in [-0.1, -0.05) is 24.3 Å². The Hall–Kier alpha value is -2.74. The Morgan fingerprint density at radius 2 is 0.875 bits per heavy atom. The van der Waals surface area contributed by atoms with Crippen LogP contribution in [-0.2, 0) is 0 Å². The van der Waals surface area contributed by atoms with Crippen LogP contribution in [0.2, 0.25) is 0 Å². The molecule has 120 valence electrons. The van der Waals surface area contributed by atoms with Gasteiger partial charge in [0.2, 0.25) is 0 Å². The molecule has 0 atom stereocenters. The number of hydrogen-bond acceptors (Lipinski definition) is 2. The summed E-state index contributed by atoms with van der Waals surface area (Å²) in [5.74, 6) is 1.77. The minimum atomic E-state index is 0.884. The molecular weight excluding hydrogens is 296 g/mol. The van der Waals surface area contributed by atoms with Gasteiger partial charge in [0.25, 0.3) is 0 Å². The molecule has 0 amide bonds. The molecule has 4 rings (SSSR count). The molecule has 0 fully saturated rings. The van der Waals surface area contributed by atoms with Gasteiger partial charge in [-0.3, -0.25) is 0 Å². The van der Waals surface area contributed by atoms with Crippen molar-refractivity contribution in [2.24, 2.45) is 0 Å². The molecule has 0 saturated heterocycles. The maximum atomic E-state index is 5.45. The van der Waals surface area contributed by atoms with Crippen LogP contribution in [0.15, 0.2) is 48.5 Å². The molecule has 4 aromatic rings. The van der Waals surface area contributed by atoms with Crippen molar-refractivity contribution >= 4 is 32.3 Å². The molecule has 0 unspecified atom stereocenters. The fourth-order valence-electron chi connectivity index (χ4n) is 3.48. The van der Waals surface area contributed by atoms with Crippen LogP contribution in [0, 0.1) is 13.8 Å². The van der Waals surface area contributed by atoms with Crippen LogP contribution in [0.4, 0.5) is 0 Å². The number of methoxy groups -OCH3 is 2. The molecule has 4 aromatic carbocycles. The molecule has 0 aliphatic rings. The predicted molar refractivity (Wildman–Crippen MR) is 102 cm³/mol. The third-order valence-electron chi connectivity index (χ3n) is 4.96. The zero-order valence-electron chi connectivity index (χ0n) is 14.4. The van der Waals surface area contributed by atoms with Crippen LogP contribution in [-0.4, -0.2) is 14.2 Å². The lowest BCUT2D eigenvalue weighted by atomic mass is 9.91. The summed E-state index contributed by atoms with van der Waals surface area (Å²) >= 11 is 0. The third kappa shape index (κ3) is 2.10. The third-order valence-corrected chi connectivity index (χ3v) is 4.96. The van der Waals surface area contributed by atoms with E-state index in [-0.39, 0.29) is 0 Å². The van der Waals surface area contributed by atoms with Gasteiger partial charge in [-0.15, -0.1) is 0 Å². The Morgan fingerprint density at radius 1 is 0.500 bits per heavy atom. The summed E-state index contributed by atoms with van der Waals surface area (Å²) in [4.78, 5) is 0. The maximum absolute atomic E-state index is 5.45. The van der Waals surface area contributed by atoms with E-state index in [1.54, 1.807) is 14.2 Å². The molecule has 0 saturated carbocycles. The van der Waals surface area contributed by atoms with Crippen LogP contribution in [0.3, 0.4) is 0 Å². The van der Waals surface area contributed by atoms with Crippen molar-refractivity contribution in [2.45, 2.75) is 13.8 Å². The van der Waals surface area contributed by atoms with Crippen LogP contribution < -0.4 is 9.47 Å². The summed E-state index contributed by atoms with van der Waals surface area (Å²) < 4.78 is 10.9. The van der Waals surface area contributed by atoms with E-state index in [2.05, 4.69) is 50.2 Å². The molecule has 0 aliphatic carbocycles. The number of ether oxygens (including phenoxy) is 2. The molecule has 2 heteroatoms. The highest BCUT2D eigenvalue weighted by molar-refractivity contribution is 6.25. The van der Waals surface area contributed by atoms with Crippen molar-refractivity contribution in [1.29, 1.82) is 0 Å². The minimum Gasteiger partial charge on any atom is -0.497 e. The van der Waals surface area contributed by atoms with E-state index in [0.717, 1.165) is 11.5 Å². The van der Waals surface area contributed by atoms with E-state index in [4.69, 9.17) is 9.47 Å². The van der Waals surface area contributed by atoms with E-state index < -0.39 is 0 Å². The van der Waals surface area contributed by atoms with Crippen LogP contribution in [0.5, 0.6) is 11.5 Å². The molecular formula is C22H20O2. The van der Waals surface area contributed by atoms with Gasteiger partial charge in [-0.2, -0.15) is 0 Å². The number of rotatable bonds is 2. The van der Waals surface area contributed by atoms with Gasteiger partial charge in [0.15, 0.2) is 0 Å². The van der Waals surface area contributed by atoms with Crippen molar-refractivity contribution in [3.63, 3.8) is 0 Å². The summed E-state index contributed by atoms with van der Waals surface area (Å²) in [6, 6.07) is 17.2. The molecule has 2 nitrogen and oxygen atoms in total. The van der Waals surface area contributed by atoms with Crippen molar-refractivity contribution in [3.05, 3.63) is 59.7 Å². The first kappa shape index (κ1) is 14.8. The van der Waals surface area contributed by atoms with Crippen molar-refractivity contribution in [1.82, 2.24) is 0 Å². The van der Waals surface area contributed by atoms with Crippen LogP contribution in [0.1, 0.15) is 11.1 Å². The Balaban J connectivity index is 2.30. The molecule has 0 aliphatic heterocycles. The highest BCUT2D eigenvalue weighted by atomic mass is 16.5. The fourth-order valence-corrected chi connectivity index (χ4v) is 3.48. The van der Waals surface area contributed by atoms with E-state index in [1.165, 1.54) is 43.4 Å². The molecule has 0 aromatic heterocycles. The molecule has 0 spiro atoms. The van der Waals surface area contributed by atoms with E-state index in [0.29, 0.717) is 0 Å². The zero-order valence-corrected chi connectivity index (χ0v) is 14.4. The Labute approximate surface area is 141 Å². The molecule has 24 heavy (non-hydrogen) atoms. The van der Waals surface area contributed by atoms with Gasteiger partial charge in [0, 0.05) is 0 Å². The highest BCUT2D eigenvalue weighted by Crippen LogP contribution is 2.39. The molecule has 0 radical (unpaired) electrons. The van der Waals surface area contributed by atoms with Gasteiger partial charge in [0.1, 0.15) is 11.5 Å². The Bertz CT molecular complexity index is 1010. The van der Waals surface area contributed by atoms with Crippen LogP contribution >= 0.6 is 0 Å². The van der Waals surface area contributed by atoms with Gasteiger partial charge in [-0.05, 0) is 81.6 Å². The van der Waals surface area contributed by atoms with Crippen molar-refractivity contribution in [2.75, 3.05) is 14.2 Å². The zero-order chi connectivity index (χ0) is 16.8. The number of aryl methyl sites for hydroxylation is 2. The standard InChI is InChI=1S/C22H20O2/c1-13-9-19-20(10-14(13)2)22-12-16(24-4)6-8-18(22)17-7-5-15(23-3)11-21(17)19/h5-12H,1-4H3. The smallest absolute Gasteiger partial charge is 0.119 e. The number of fused-ring (bicyclic) bond motifs is 6. The summed E-state index contributed by atoms with van der Waals surface area (Å²) in [6.45, 7) is 4.33. The lowest BCUT2D eigenvalue weighted by Gasteiger charge is -2.14. The van der Waals surface area contributed by atoms with E-state index in [9.17, 15) is 0 Å². The fraction of sp³-hybridized carbons (Fsp3) is 0.182. The summed E-state index contributed by atoms with van der Waals surface area (Å²) in [5, 5.41) is 7.45. The van der Waals surface area contributed by atoms with E-state index in [1.807, 2.05) is 12.1 Å². The number of benzene rings is 4. The largest absolute Gasteiger partial charge is 0.497 e.